The molecule has 0 aliphatic heterocycles. The number of aromatic nitrogens is 2. The van der Waals surface area contributed by atoms with E-state index in [2.05, 4.69) is 29.3 Å². The maximum atomic E-state index is 4.83. The van der Waals surface area contributed by atoms with Gasteiger partial charge in [0.25, 0.3) is 0 Å². The SMILES string of the molecule is CCC(C)NCc1noc(C)n1. The zero-order chi connectivity index (χ0) is 8.97. The second-order valence-electron chi connectivity index (χ2n) is 2.92. The Morgan fingerprint density at radius 1 is 1.58 bits per heavy atom. The average Bonchev–Trinajstić information content (AvgIpc) is 2.47. The Morgan fingerprint density at radius 2 is 2.33 bits per heavy atom. The molecule has 0 spiro atoms. The second-order valence-corrected chi connectivity index (χ2v) is 2.92. The van der Waals surface area contributed by atoms with E-state index in [1.807, 2.05) is 0 Å². The molecule has 0 aromatic carbocycles. The van der Waals surface area contributed by atoms with Gasteiger partial charge in [0, 0.05) is 13.0 Å². The molecule has 4 nitrogen and oxygen atoms in total. The van der Waals surface area contributed by atoms with Gasteiger partial charge < -0.3 is 9.84 Å². The van der Waals surface area contributed by atoms with Gasteiger partial charge in [-0.1, -0.05) is 12.1 Å². The van der Waals surface area contributed by atoms with Gasteiger partial charge in [0.2, 0.25) is 5.89 Å². The molecule has 0 aliphatic rings. The first-order chi connectivity index (χ1) is 5.72. The summed E-state index contributed by atoms with van der Waals surface area (Å²) in [5.41, 5.74) is 0. The zero-order valence-corrected chi connectivity index (χ0v) is 7.79. The summed E-state index contributed by atoms with van der Waals surface area (Å²) in [5, 5.41) is 7.05. The van der Waals surface area contributed by atoms with Crippen LogP contribution in [0.2, 0.25) is 0 Å². The highest BCUT2D eigenvalue weighted by molar-refractivity contribution is 4.83. The van der Waals surface area contributed by atoms with E-state index in [-0.39, 0.29) is 0 Å². The number of hydrogen-bond donors (Lipinski definition) is 1. The topological polar surface area (TPSA) is 51.0 Å². The molecule has 1 aromatic rings. The van der Waals surface area contributed by atoms with Crippen LogP contribution in [0.1, 0.15) is 32.0 Å². The number of nitrogens with one attached hydrogen (secondary N) is 1. The van der Waals surface area contributed by atoms with Crippen molar-refractivity contribution >= 4 is 0 Å². The number of nitrogens with zero attached hydrogens (tertiary/aromatic N) is 2. The molecule has 1 unspecified atom stereocenters. The summed E-state index contributed by atoms with van der Waals surface area (Å²) in [6.45, 7) is 6.75. The normalized spacial score (nSPS) is 13.2. The summed E-state index contributed by atoms with van der Waals surface area (Å²) >= 11 is 0. The molecule has 12 heavy (non-hydrogen) atoms. The summed E-state index contributed by atoms with van der Waals surface area (Å²) in [4.78, 5) is 4.08. The molecule has 0 bridgehead atoms. The lowest BCUT2D eigenvalue weighted by Gasteiger charge is -2.07. The van der Waals surface area contributed by atoms with E-state index in [1.165, 1.54) is 0 Å². The highest BCUT2D eigenvalue weighted by Gasteiger charge is 2.03. The standard InChI is InChI=1S/C8H15N3O/c1-4-6(2)9-5-8-10-7(3)12-11-8/h6,9H,4-5H2,1-3H3. The van der Waals surface area contributed by atoms with E-state index in [4.69, 9.17) is 4.52 Å². The number of hydrogen-bond acceptors (Lipinski definition) is 4. The molecule has 1 atom stereocenters. The predicted molar refractivity (Wildman–Crippen MR) is 45.6 cm³/mol. The Bertz CT molecular complexity index is 234. The molecule has 1 heterocycles. The molecular formula is C8H15N3O. The number of rotatable bonds is 4. The lowest BCUT2D eigenvalue weighted by Crippen LogP contribution is -2.24. The van der Waals surface area contributed by atoms with Crippen LogP contribution in [0.4, 0.5) is 0 Å². The van der Waals surface area contributed by atoms with Crippen LogP contribution in [0.25, 0.3) is 0 Å². The molecule has 1 aromatic heterocycles. The minimum Gasteiger partial charge on any atom is -0.340 e. The molecule has 0 aliphatic carbocycles. The van der Waals surface area contributed by atoms with E-state index in [0.717, 1.165) is 12.2 Å². The fraction of sp³-hybridized carbons (Fsp3) is 0.750. The minimum atomic E-state index is 0.504. The van der Waals surface area contributed by atoms with Crippen molar-refractivity contribution in [2.45, 2.75) is 39.8 Å². The summed E-state index contributed by atoms with van der Waals surface area (Å²) in [7, 11) is 0. The van der Waals surface area contributed by atoms with Crippen molar-refractivity contribution in [1.82, 2.24) is 15.5 Å². The molecular weight excluding hydrogens is 154 g/mol. The Labute approximate surface area is 72.4 Å². The average molecular weight is 169 g/mol. The van der Waals surface area contributed by atoms with Gasteiger partial charge in [-0.2, -0.15) is 4.98 Å². The van der Waals surface area contributed by atoms with Gasteiger partial charge in [0.05, 0.1) is 6.54 Å². The molecule has 0 fully saturated rings. The Balaban J connectivity index is 2.33. The van der Waals surface area contributed by atoms with Crippen molar-refractivity contribution in [2.24, 2.45) is 0 Å². The lowest BCUT2D eigenvalue weighted by atomic mass is 10.2. The van der Waals surface area contributed by atoms with Crippen LogP contribution in [0, 0.1) is 6.92 Å². The van der Waals surface area contributed by atoms with Gasteiger partial charge in [-0.15, -0.1) is 0 Å². The van der Waals surface area contributed by atoms with Gasteiger partial charge in [-0.25, -0.2) is 0 Å². The quantitative estimate of drug-likeness (QED) is 0.737. The van der Waals surface area contributed by atoms with Crippen LogP contribution in [0.5, 0.6) is 0 Å². The predicted octanol–water partition coefficient (Wildman–Crippen LogP) is 1.27. The smallest absolute Gasteiger partial charge is 0.223 e. The molecule has 68 valence electrons. The van der Waals surface area contributed by atoms with Crippen LogP contribution >= 0.6 is 0 Å². The summed E-state index contributed by atoms with van der Waals surface area (Å²) < 4.78 is 4.83. The first-order valence-electron chi connectivity index (χ1n) is 4.25. The van der Waals surface area contributed by atoms with Crippen LogP contribution < -0.4 is 5.32 Å². The maximum Gasteiger partial charge on any atom is 0.223 e. The van der Waals surface area contributed by atoms with Crippen molar-refractivity contribution in [3.63, 3.8) is 0 Å². The number of aryl methyl sites for hydroxylation is 1. The van der Waals surface area contributed by atoms with Gasteiger partial charge >= 0.3 is 0 Å². The Kier molecular flexibility index (Phi) is 3.22. The fourth-order valence-electron chi connectivity index (χ4n) is 0.823. The van der Waals surface area contributed by atoms with Crippen LogP contribution in [-0.2, 0) is 6.54 Å². The van der Waals surface area contributed by atoms with Crippen LogP contribution in [0.3, 0.4) is 0 Å². The Morgan fingerprint density at radius 3 is 2.83 bits per heavy atom. The molecule has 1 rings (SSSR count). The van der Waals surface area contributed by atoms with E-state index in [1.54, 1.807) is 6.92 Å². The van der Waals surface area contributed by atoms with Crippen molar-refractivity contribution in [2.75, 3.05) is 0 Å². The van der Waals surface area contributed by atoms with Gasteiger partial charge in [-0.05, 0) is 13.3 Å². The first-order valence-corrected chi connectivity index (χ1v) is 4.25. The second kappa shape index (κ2) is 4.21. The Hall–Kier alpha value is -0.900. The van der Waals surface area contributed by atoms with Gasteiger partial charge in [-0.3, -0.25) is 0 Å². The van der Waals surface area contributed by atoms with E-state index < -0.39 is 0 Å². The zero-order valence-electron chi connectivity index (χ0n) is 7.79. The van der Waals surface area contributed by atoms with Crippen molar-refractivity contribution in [1.29, 1.82) is 0 Å². The molecule has 1 N–H and O–H groups in total. The molecule has 4 heteroatoms. The largest absolute Gasteiger partial charge is 0.340 e. The third kappa shape index (κ3) is 2.62. The molecule has 0 amide bonds. The molecule has 0 radical (unpaired) electrons. The van der Waals surface area contributed by atoms with Gasteiger partial charge in [0.15, 0.2) is 5.82 Å². The third-order valence-corrected chi connectivity index (χ3v) is 1.79. The minimum absolute atomic E-state index is 0.504. The van der Waals surface area contributed by atoms with E-state index in [0.29, 0.717) is 18.5 Å². The van der Waals surface area contributed by atoms with Crippen molar-refractivity contribution in [3.8, 4) is 0 Å². The van der Waals surface area contributed by atoms with Crippen molar-refractivity contribution < 1.29 is 4.52 Å². The summed E-state index contributed by atoms with van der Waals surface area (Å²) in [6, 6.07) is 0.504. The summed E-state index contributed by atoms with van der Waals surface area (Å²) in [6.07, 6.45) is 1.11. The molecule has 0 saturated carbocycles. The fourth-order valence-corrected chi connectivity index (χ4v) is 0.823. The van der Waals surface area contributed by atoms with Gasteiger partial charge in [0.1, 0.15) is 0 Å². The van der Waals surface area contributed by atoms with E-state index >= 15 is 0 Å². The molecule has 0 saturated heterocycles. The maximum absolute atomic E-state index is 4.83. The highest BCUT2D eigenvalue weighted by Crippen LogP contribution is 1.95. The van der Waals surface area contributed by atoms with Crippen molar-refractivity contribution in [3.05, 3.63) is 11.7 Å². The third-order valence-electron chi connectivity index (χ3n) is 1.79. The van der Waals surface area contributed by atoms with Crippen LogP contribution in [-0.4, -0.2) is 16.2 Å². The highest BCUT2D eigenvalue weighted by atomic mass is 16.5. The summed E-state index contributed by atoms with van der Waals surface area (Å²) in [5.74, 6) is 1.35. The van der Waals surface area contributed by atoms with E-state index in [9.17, 15) is 0 Å². The lowest BCUT2D eigenvalue weighted by molar-refractivity contribution is 0.383. The first kappa shape index (κ1) is 9.19. The monoisotopic (exact) mass is 169 g/mol. The van der Waals surface area contributed by atoms with Crippen LogP contribution in [0.15, 0.2) is 4.52 Å².